The van der Waals surface area contributed by atoms with Gasteiger partial charge >= 0.3 is 0 Å². The van der Waals surface area contributed by atoms with Gasteiger partial charge in [0.05, 0.1) is 24.9 Å². The number of benzene rings is 1. The van der Waals surface area contributed by atoms with Crippen molar-refractivity contribution in [2.75, 3.05) is 33.3 Å². The number of hydrogen-bond donors (Lipinski definition) is 1. The third kappa shape index (κ3) is 4.61. The van der Waals surface area contributed by atoms with Gasteiger partial charge in [0.1, 0.15) is 0 Å². The summed E-state index contributed by atoms with van der Waals surface area (Å²) in [6, 6.07) is 7.93. The summed E-state index contributed by atoms with van der Waals surface area (Å²) in [7, 11) is 2.14. The maximum absolute atomic E-state index is 6.28. The minimum absolute atomic E-state index is 0.262. The van der Waals surface area contributed by atoms with Crippen molar-refractivity contribution >= 4 is 11.6 Å². The van der Waals surface area contributed by atoms with Crippen molar-refractivity contribution in [1.82, 2.24) is 20.0 Å². The van der Waals surface area contributed by atoms with Crippen LogP contribution in [0.15, 0.2) is 24.3 Å². The van der Waals surface area contributed by atoms with Crippen LogP contribution in [-0.4, -0.2) is 54.1 Å². The molecular weight excluding hydrogens is 336 g/mol. The Balaban J connectivity index is 1.61. The number of ether oxygens (including phenoxy) is 1. The first kappa shape index (κ1) is 18.4. The quantitative estimate of drug-likeness (QED) is 0.857. The Morgan fingerprint density at radius 1 is 1.32 bits per heavy atom. The molecule has 1 fully saturated rings. The molecule has 25 heavy (non-hydrogen) atoms. The predicted octanol–water partition coefficient (Wildman–Crippen LogP) is 2.62. The molecule has 2 heterocycles. The average molecular weight is 363 g/mol. The van der Waals surface area contributed by atoms with Crippen LogP contribution in [-0.2, 0) is 17.8 Å². The van der Waals surface area contributed by atoms with E-state index in [1.54, 1.807) is 0 Å². The van der Waals surface area contributed by atoms with E-state index in [2.05, 4.69) is 31.1 Å². The fraction of sp³-hybridized carbons (Fsp3) is 0.526. The predicted molar refractivity (Wildman–Crippen MR) is 101 cm³/mol. The monoisotopic (exact) mass is 362 g/mol. The number of likely N-dealkylation sites (N-methyl/N-ethyl adjacent to an activating group) is 1. The Hall–Kier alpha value is -1.40. The number of halogens is 1. The number of nitrogens with zero attached hydrogens (tertiary/aromatic N) is 3. The molecule has 3 rings (SSSR count). The molecule has 5 nitrogen and oxygen atoms in total. The van der Waals surface area contributed by atoms with Gasteiger partial charge in [0.25, 0.3) is 0 Å². The molecule has 2 aromatic rings. The molecule has 1 aromatic heterocycles. The second-order valence-corrected chi connectivity index (χ2v) is 7.19. The topological polar surface area (TPSA) is 42.3 Å². The lowest BCUT2D eigenvalue weighted by Crippen LogP contribution is -2.44. The maximum Gasteiger partial charge on any atom is 0.0826 e. The van der Waals surface area contributed by atoms with E-state index in [0.717, 1.165) is 49.1 Å². The molecule has 136 valence electrons. The molecule has 1 atom stereocenters. The van der Waals surface area contributed by atoms with E-state index < -0.39 is 0 Å². The fourth-order valence-corrected chi connectivity index (χ4v) is 3.48. The Kier molecular flexibility index (Phi) is 6.12. The molecule has 1 aliphatic rings. The molecule has 0 radical (unpaired) electrons. The maximum atomic E-state index is 6.28. The van der Waals surface area contributed by atoms with Gasteiger partial charge in [-0.25, -0.2) is 0 Å². The van der Waals surface area contributed by atoms with Crippen LogP contribution in [0.4, 0.5) is 0 Å². The van der Waals surface area contributed by atoms with Crippen LogP contribution in [0, 0.1) is 13.8 Å². The number of nitrogens with one attached hydrogen (secondary N) is 1. The smallest absolute Gasteiger partial charge is 0.0826 e. The van der Waals surface area contributed by atoms with Crippen LogP contribution in [0.25, 0.3) is 0 Å². The van der Waals surface area contributed by atoms with Crippen LogP contribution < -0.4 is 5.32 Å². The van der Waals surface area contributed by atoms with E-state index in [-0.39, 0.29) is 6.10 Å². The van der Waals surface area contributed by atoms with Crippen LogP contribution in [0.3, 0.4) is 0 Å². The zero-order chi connectivity index (χ0) is 17.8. The van der Waals surface area contributed by atoms with Gasteiger partial charge in [-0.3, -0.25) is 4.68 Å². The number of morpholine rings is 1. The molecule has 0 spiro atoms. The molecule has 0 amide bonds. The first-order valence-corrected chi connectivity index (χ1v) is 9.19. The summed E-state index contributed by atoms with van der Waals surface area (Å²) in [5, 5.41) is 9.02. The standard InChI is InChI=1S/C19H27ClN4O/c1-14-18(11-21-10-17-13-23(3)8-9-25-17)15(2)24(22-14)12-16-6-4-5-7-19(16)20/h4-7,17,21H,8-13H2,1-3H3. The van der Waals surface area contributed by atoms with Gasteiger partial charge in [-0.2, -0.15) is 5.10 Å². The van der Waals surface area contributed by atoms with Crippen LogP contribution in [0.1, 0.15) is 22.5 Å². The largest absolute Gasteiger partial charge is 0.374 e. The van der Waals surface area contributed by atoms with Gasteiger partial charge in [-0.05, 0) is 32.5 Å². The SMILES string of the molecule is Cc1nn(Cc2ccccc2Cl)c(C)c1CNCC1CN(C)CCO1. The molecule has 1 unspecified atom stereocenters. The van der Waals surface area contributed by atoms with E-state index in [0.29, 0.717) is 6.54 Å². The summed E-state index contributed by atoms with van der Waals surface area (Å²) in [5.74, 6) is 0. The lowest BCUT2D eigenvalue weighted by molar-refractivity contribution is -0.0182. The summed E-state index contributed by atoms with van der Waals surface area (Å²) in [6.07, 6.45) is 0.262. The van der Waals surface area contributed by atoms with Gasteiger partial charge < -0.3 is 15.0 Å². The van der Waals surface area contributed by atoms with Crippen molar-refractivity contribution in [3.8, 4) is 0 Å². The zero-order valence-corrected chi connectivity index (χ0v) is 16.0. The summed E-state index contributed by atoms with van der Waals surface area (Å²) < 4.78 is 7.84. The van der Waals surface area contributed by atoms with Gasteiger partial charge in [-0.1, -0.05) is 29.8 Å². The summed E-state index contributed by atoms with van der Waals surface area (Å²) in [4.78, 5) is 2.31. The van der Waals surface area contributed by atoms with Crippen molar-refractivity contribution < 1.29 is 4.74 Å². The van der Waals surface area contributed by atoms with E-state index in [9.17, 15) is 0 Å². The highest BCUT2D eigenvalue weighted by Crippen LogP contribution is 2.19. The molecule has 0 saturated carbocycles. The Bertz CT molecular complexity index is 715. The van der Waals surface area contributed by atoms with Gasteiger partial charge in [0, 0.05) is 42.5 Å². The van der Waals surface area contributed by atoms with E-state index in [1.165, 1.54) is 11.3 Å². The van der Waals surface area contributed by atoms with Crippen LogP contribution >= 0.6 is 11.6 Å². The van der Waals surface area contributed by atoms with E-state index in [1.807, 2.05) is 28.9 Å². The second kappa shape index (κ2) is 8.32. The van der Waals surface area contributed by atoms with Gasteiger partial charge in [-0.15, -0.1) is 0 Å². The third-order valence-electron chi connectivity index (χ3n) is 4.82. The van der Waals surface area contributed by atoms with Gasteiger partial charge in [0.15, 0.2) is 0 Å². The molecule has 1 aliphatic heterocycles. The minimum atomic E-state index is 0.262. The lowest BCUT2D eigenvalue weighted by Gasteiger charge is -2.30. The Morgan fingerprint density at radius 2 is 2.12 bits per heavy atom. The van der Waals surface area contributed by atoms with E-state index in [4.69, 9.17) is 21.4 Å². The first-order chi connectivity index (χ1) is 12.0. The zero-order valence-electron chi connectivity index (χ0n) is 15.3. The lowest BCUT2D eigenvalue weighted by atomic mass is 10.2. The Labute approximate surface area is 154 Å². The average Bonchev–Trinajstić information content (AvgIpc) is 2.84. The first-order valence-electron chi connectivity index (χ1n) is 8.81. The molecule has 0 aliphatic carbocycles. The number of hydrogen-bond acceptors (Lipinski definition) is 4. The van der Waals surface area contributed by atoms with Crippen molar-refractivity contribution in [3.05, 3.63) is 51.8 Å². The molecule has 1 aromatic carbocycles. The van der Waals surface area contributed by atoms with Crippen LogP contribution in [0.5, 0.6) is 0 Å². The van der Waals surface area contributed by atoms with Crippen molar-refractivity contribution in [3.63, 3.8) is 0 Å². The van der Waals surface area contributed by atoms with Gasteiger partial charge in [0.2, 0.25) is 0 Å². The number of rotatable bonds is 6. The molecular formula is C19H27ClN4O. The molecule has 0 bridgehead atoms. The highest BCUT2D eigenvalue weighted by molar-refractivity contribution is 6.31. The summed E-state index contributed by atoms with van der Waals surface area (Å²) >= 11 is 6.28. The van der Waals surface area contributed by atoms with Crippen LogP contribution in [0.2, 0.25) is 5.02 Å². The third-order valence-corrected chi connectivity index (χ3v) is 5.19. The number of aromatic nitrogens is 2. The summed E-state index contributed by atoms with van der Waals surface area (Å²) in [5.41, 5.74) is 4.61. The molecule has 6 heteroatoms. The van der Waals surface area contributed by atoms with E-state index >= 15 is 0 Å². The molecule has 1 saturated heterocycles. The van der Waals surface area contributed by atoms with Crippen molar-refractivity contribution in [2.24, 2.45) is 0 Å². The fourth-order valence-electron chi connectivity index (χ4n) is 3.28. The minimum Gasteiger partial charge on any atom is -0.374 e. The molecule has 1 N–H and O–H groups in total. The highest BCUT2D eigenvalue weighted by atomic mass is 35.5. The summed E-state index contributed by atoms with van der Waals surface area (Å²) in [6.45, 7) is 9.37. The second-order valence-electron chi connectivity index (χ2n) is 6.78. The highest BCUT2D eigenvalue weighted by Gasteiger charge is 2.18. The van der Waals surface area contributed by atoms with Crippen molar-refractivity contribution in [1.29, 1.82) is 0 Å². The Morgan fingerprint density at radius 3 is 2.88 bits per heavy atom. The number of aryl methyl sites for hydroxylation is 1. The van der Waals surface area contributed by atoms with Crippen molar-refractivity contribution in [2.45, 2.75) is 33.0 Å². The normalized spacial score (nSPS) is 18.6.